The molecule has 0 bridgehead atoms. The van der Waals surface area contributed by atoms with Gasteiger partial charge in [-0.2, -0.15) is 0 Å². The molecule has 2 nitrogen and oxygen atoms in total. The molecule has 0 aromatic rings. The minimum Gasteiger partial charge on any atom is -0.355 e. The first-order valence-electron chi connectivity index (χ1n) is 5.40. The van der Waals surface area contributed by atoms with Gasteiger partial charge < -0.3 is 9.47 Å². The summed E-state index contributed by atoms with van der Waals surface area (Å²) in [7, 11) is 0.937. The molecule has 0 atom stereocenters. The zero-order chi connectivity index (χ0) is 10.2. The molecule has 0 saturated carbocycles. The van der Waals surface area contributed by atoms with Crippen molar-refractivity contribution in [3.63, 3.8) is 0 Å². The Kier molecular flexibility index (Phi) is 7.61. The van der Waals surface area contributed by atoms with E-state index < -0.39 is 0 Å². The Bertz CT molecular complexity index is 103. The van der Waals surface area contributed by atoms with Crippen molar-refractivity contribution in [3.8, 4) is 0 Å². The fourth-order valence-electron chi connectivity index (χ4n) is 0.966. The number of ether oxygens (including phenoxy) is 2. The lowest BCUT2D eigenvalue weighted by Crippen LogP contribution is -2.33. The minimum atomic E-state index is -0.260. The molecule has 0 unspecified atom stereocenters. The Balaban J connectivity index is 3.42. The Morgan fingerprint density at radius 3 is 1.69 bits per heavy atom. The van der Waals surface area contributed by atoms with Gasteiger partial charge in [-0.3, -0.25) is 0 Å². The van der Waals surface area contributed by atoms with Crippen molar-refractivity contribution in [2.45, 2.75) is 51.9 Å². The lowest BCUT2D eigenvalue weighted by molar-refractivity contribution is -0.167. The molecule has 0 saturated heterocycles. The number of unbranched alkanes of at least 4 members (excludes halogenated alkanes) is 2. The highest BCUT2D eigenvalue weighted by atomic mass is 28.1. The summed E-state index contributed by atoms with van der Waals surface area (Å²) in [4.78, 5) is 0. The Morgan fingerprint density at radius 1 is 1.00 bits per heavy atom. The molecule has 0 N–H and O–H groups in total. The van der Waals surface area contributed by atoms with Crippen molar-refractivity contribution in [2.75, 3.05) is 13.2 Å². The van der Waals surface area contributed by atoms with Gasteiger partial charge in [0.1, 0.15) is 5.41 Å². The van der Waals surface area contributed by atoms with Crippen LogP contribution in [0.3, 0.4) is 0 Å². The molecule has 0 fully saturated rings. The van der Waals surface area contributed by atoms with Gasteiger partial charge in [-0.1, -0.05) is 26.7 Å². The summed E-state index contributed by atoms with van der Waals surface area (Å²) < 4.78 is 11.3. The van der Waals surface area contributed by atoms with Crippen LogP contribution in [-0.4, -0.2) is 28.9 Å². The second kappa shape index (κ2) is 7.53. The summed E-state index contributed by atoms with van der Waals surface area (Å²) in [5, 5.41) is 0. The molecule has 3 heteroatoms. The lowest BCUT2D eigenvalue weighted by atomic mass is 10.3. The number of rotatable bonds is 8. The minimum absolute atomic E-state index is 0.260. The highest BCUT2D eigenvalue weighted by molar-refractivity contribution is 6.13. The van der Waals surface area contributed by atoms with Gasteiger partial charge in [0.2, 0.25) is 0 Å². The van der Waals surface area contributed by atoms with Crippen molar-refractivity contribution in [2.24, 2.45) is 0 Å². The lowest BCUT2D eigenvalue weighted by Gasteiger charge is -2.26. The van der Waals surface area contributed by atoms with Crippen LogP contribution in [0.25, 0.3) is 0 Å². The van der Waals surface area contributed by atoms with Crippen LogP contribution in [0.15, 0.2) is 0 Å². The third-order valence-corrected chi connectivity index (χ3v) is 2.47. The third-order valence-electron chi connectivity index (χ3n) is 1.90. The smallest absolute Gasteiger partial charge is 0.138 e. The Hall–Kier alpha value is 0.137. The van der Waals surface area contributed by atoms with Crippen LogP contribution in [0.2, 0.25) is 0 Å². The summed E-state index contributed by atoms with van der Waals surface area (Å²) in [5.74, 6) is 0. The summed E-state index contributed by atoms with van der Waals surface area (Å²) in [6.07, 6.45) is 4.64. The fourth-order valence-corrected chi connectivity index (χ4v) is 1.37. The number of hydrogen-bond acceptors (Lipinski definition) is 2. The molecule has 0 aromatic heterocycles. The largest absolute Gasteiger partial charge is 0.355 e. The molecule has 0 aliphatic rings. The van der Waals surface area contributed by atoms with Crippen LogP contribution >= 0.6 is 0 Å². The standard InChI is InChI=1S/C10H24O2Si/c1-4-6-8-11-10(3,13)12-9-7-5-2/h4-9H2,1-3,13H3. The summed E-state index contributed by atoms with van der Waals surface area (Å²) in [6.45, 7) is 8.06. The van der Waals surface area contributed by atoms with E-state index in [2.05, 4.69) is 13.8 Å². The normalized spacial score (nSPS) is 12.2. The molecule has 80 valence electrons. The van der Waals surface area contributed by atoms with E-state index >= 15 is 0 Å². The van der Waals surface area contributed by atoms with Gasteiger partial charge in [-0.25, -0.2) is 0 Å². The van der Waals surface area contributed by atoms with E-state index in [4.69, 9.17) is 9.47 Å². The summed E-state index contributed by atoms with van der Waals surface area (Å²) in [5.41, 5.74) is -0.260. The van der Waals surface area contributed by atoms with E-state index in [1.165, 1.54) is 12.8 Å². The molecule has 0 aromatic carbocycles. The van der Waals surface area contributed by atoms with Crippen molar-refractivity contribution < 1.29 is 9.47 Å². The van der Waals surface area contributed by atoms with Crippen molar-refractivity contribution >= 4 is 10.2 Å². The average Bonchev–Trinajstić information content (AvgIpc) is 2.05. The highest BCUT2D eigenvalue weighted by Gasteiger charge is 2.17. The molecule has 0 aliphatic heterocycles. The second-order valence-electron chi connectivity index (χ2n) is 3.80. The van der Waals surface area contributed by atoms with Crippen LogP contribution in [0.1, 0.15) is 46.5 Å². The van der Waals surface area contributed by atoms with Crippen LogP contribution in [0.5, 0.6) is 0 Å². The maximum Gasteiger partial charge on any atom is 0.138 e. The molecule has 0 amide bonds. The first-order valence-corrected chi connectivity index (χ1v) is 6.40. The van der Waals surface area contributed by atoms with Gasteiger partial charge >= 0.3 is 0 Å². The first-order chi connectivity index (χ1) is 6.12. The monoisotopic (exact) mass is 204 g/mol. The predicted molar refractivity (Wildman–Crippen MR) is 60.1 cm³/mol. The van der Waals surface area contributed by atoms with E-state index in [-0.39, 0.29) is 5.41 Å². The van der Waals surface area contributed by atoms with Crippen LogP contribution in [0, 0.1) is 0 Å². The molecule has 0 rings (SSSR count). The van der Waals surface area contributed by atoms with Gasteiger partial charge in [0, 0.05) is 13.2 Å². The van der Waals surface area contributed by atoms with Gasteiger partial charge in [-0.05, 0) is 19.8 Å². The molecule has 0 heterocycles. The SMILES string of the molecule is CCCCOC(C)([SiH3])OCCCC. The van der Waals surface area contributed by atoms with Gasteiger partial charge in [0.15, 0.2) is 0 Å². The van der Waals surface area contributed by atoms with Crippen LogP contribution in [-0.2, 0) is 9.47 Å². The molecule has 13 heavy (non-hydrogen) atoms. The van der Waals surface area contributed by atoms with Gasteiger partial charge in [0.05, 0.1) is 10.2 Å². The van der Waals surface area contributed by atoms with Crippen LogP contribution < -0.4 is 0 Å². The van der Waals surface area contributed by atoms with Crippen molar-refractivity contribution in [1.82, 2.24) is 0 Å². The molecular formula is C10H24O2Si. The van der Waals surface area contributed by atoms with E-state index in [1.807, 2.05) is 6.92 Å². The quantitative estimate of drug-likeness (QED) is 0.340. The van der Waals surface area contributed by atoms with Crippen LogP contribution in [0.4, 0.5) is 0 Å². The zero-order valence-corrected chi connectivity index (χ0v) is 11.6. The summed E-state index contributed by atoms with van der Waals surface area (Å²) >= 11 is 0. The van der Waals surface area contributed by atoms with Crippen molar-refractivity contribution in [1.29, 1.82) is 0 Å². The molecular weight excluding hydrogens is 180 g/mol. The van der Waals surface area contributed by atoms with Gasteiger partial charge in [0.25, 0.3) is 0 Å². The maximum atomic E-state index is 5.66. The average molecular weight is 204 g/mol. The Morgan fingerprint density at radius 2 is 1.38 bits per heavy atom. The first kappa shape index (κ1) is 13.1. The predicted octanol–water partition coefficient (Wildman–Crippen LogP) is 1.66. The van der Waals surface area contributed by atoms with E-state index in [0.717, 1.165) is 36.3 Å². The molecule has 0 spiro atoms. The summed E-state index contributed by atoms with van der Waals surface area (Å²) in [6, 6.07) is 0. The second-order valence-corrected chi connectivity index (χ2v) is 5.62. The molecule has 0 radical (unpaired) electrons. The van der Waals surface area contributed by atoms with Gasteiger partial charge in [-0.15, -0.1) is 0 Å². The van der Waals surface area contributed by atoms with Crippen molar-refractivity contribution in [3.05, 3.63) is 0 Å². The van der Waals surface area contributed by atoms with E-state index in [0.29, 0.717) is 0 Å². The number of hydrogen-bond donors (Lipinski definition) is 0. The highest BCUT2D eigenvalue weighted by Crippen LogP contribution is 2.09. The van der Waals surface area contributed by atoms with E-state index in [9.17, 15) is 0 Å². The molecule has 0 aliphatic carbocycles. The third kappa shape index (κ3) is 8.47. The zero-order valence-electron chi connectivity index (χ0n) is 9.56. The Labute approximate surface area is 85.4 Å². The van der Waals surface area contributed by atoms with E-state index in [1.54, 1.807) is 0 Å². The topological polar surface area (TPSA) is 18.5 Å². The maximum absolute atomic E-state index is 5.66. The fraction of sp³-hybridized carbons (Fsp3) is 1.00.